The number of ether oxygens (including phenoxy) is 1. The Kier molecular flexibility index (Phi) is 4.90. The van der Waals surface area contributed by atoms with E-state index in [4.69, 9.17) is 16.3 Å². The predicted octanol–water partition coefficient (Wildman–Crippen LogP) is 3.45. The van der Waals surface area contributed by atoms with Crippen LogP contribution < -0.4 is 5.32 Å². The number of amides is 1. The molecule has 1 aliphatic rings. The molecule has 16 heavy (non-hydrogen) atoms. The average molecular weight is 248 g/mol. The predicted molar refractivity (Wildman–Crippen MR) is 65.9 cm³/mol. The van der Waals surface area contributed by atoms with Crippen LogP contribution in [0.15, 0.2) is 0 Å². The maximum atomic E-state index is 11.6. The normalized spacial score (nSPS) is 27.0. The van der Waals surface area contributed by atoms with E-state index in [0.717, 1.165) is 25.7 Å². The lowest BCUT2D eigenvalue weighted by molar-refractivity contribution is 0.0501. The van der Waals surface area contributed by atoms with Crippen molar-refractivity contribution in [1.82, 2.24) is 5.32 Å². The first-order chi connectivity index (χ1) is 7.38. The molecular weight excluding hydrogens is 226 g/mol. The van der Waals surface area contributed by atoms with E-state index in [-0.39, 0.29) is 17.5 Å². The van der Waals surface area contributed by atoms with Crippen LogP contribution in [0.25, 0.3) is 0 Å². The van der Waals surface area contributed by atoms with E-state index < -0.39 is 5.60 Å². The van der Waals surface area contributed by atoms with E-state index in [9.17, 15) is 4.79 Å². The summed E-state index contributed by atoms with van der Waals surface area (Å²) < 4.78 is 5.22. The Morgan fingerprint density at radius 2 is 1.88 bits per heavy atom. The van der Waals surface area contributed by atoms with Crippen molar-refractivity contribution in [3.63, 3.8) is 0 Å². The second kappa shape index (κ2) is 5.76. The van der Waals surface area contributed by atoms with Gasteiger partial charge < -0.3 is 10.1 Å². The van der Waals surface area contributed by atoms with Crippen LogP contribution >= 0.6 is 11.6 Å². The second-order valence-corrected chi connectivity index (χ2v) is 5.97. The maximum absolute atomic E-state index is 11.6. The summed E-state index contributed by atoms with van der Waals surface area (Å²) in [6.45, 7) is 5.58. The zero-order valence-electron chi connectivity index (χ0n) is 10.4. The molecule has 0 aromatic rings. The van der Waals surface area contributed by atoms with Gasteiger partial charge in [-0.05, 0) is 33.6 Å². The number of carbonyl (C=O) groups is 1. The topological polar surface area (TPSA) is 38.3 Å². The van der Waals surface area contributed by atoms with Crippen LogP contribution in [0.1, 0.15) is 52.9 Å². The first-order valence-corrected chi connectivity index (χ1v) is 6.46. The van der Waals surface area contributed by atoms with Gasteiger partial charge in [0.05, 0.1) is 5.38 Å². The number of halogens is 1. The maximum Gasteiger partial charge on any atom is 0.407 e. The van der Waals surface area contributed by atoms with Gasteiger partial charge in [0.15, 0.2) is 0 Å². The lowest BCUT2D eigenvalue weighted by Crippen LogP contribution is -2.43. The monoisotopic (exact) mass is 247 g/mol. The van der Waals surface area contributed by atoms with Crippen LogP contribution in [0.5, 0.6) is 0 Å². The van der Waals surface area contributed by atoms with E-state index in [1.807, 2.05) is 20.8 Å². The van der Waals surface area contributed by atoms with Gasteiger partial charge in [0.25, 0.3) is 0 Å². The molecule has 1 fully saturated rings. The number of hydrogen-bond donors (Lipinski definition) is 1. The molecule has 0 aliphatic heterocycles. The first kappa shape index (κ1) is 13.6. The molecule has 1 saturated carbocycles. The first-order valence-electron chi connectivity index (χ1n) is 6.02. The molecule has 2 unspecified atom stereocenters. The summed E-state index contributed by atoms with van der Waals surface area (Å²) >= 11 is 6.23. The molecule has 0 spiro atoms. The van der Waals surface area contributed by atoms with Crippen molar-refractivity contribution in [1.29, 1.82) is 0 Å². The quantitative estimate of drug-likeness (QED) is 0.569. The van der Waals surface area contributed by atoms with E-state index in [1.54, 1.807) is 0 Å². The fourth-order valence-electron chi connectivity index (χ4n) is 1.88. The third kappa shape index (κ3) is 5.06. The molecule has 2 atom stereocenters. The Morgan fingerprint density at radius 3 is 2.50 bits per heavy atom. The highest BCUT2D eigenvalue weighted by molar-refractivity contribution is 6.21. The third-order valence-corrected chi connectivity index (χ3v) is 3.16. The fraction of sp³-hybridized carbons (Fsp3) is 0.917. The smallest absolute Gasteiger partial charge is 0.407 e. The Bertz CT molecular complexity index is 238. The molecule has 0 saturated heterocycles. The summed E-state index contributed by atoms with van der Waals surface area (Å²) in [5.74, 6) is 0. The number of carbonyl (C=O) groups excluding carboxylic acids is 1. The number of alkyl carbamates (subject to hydrolysis) is 1. The standard InChI is InChI=1S/C12H22ClNO2/c1-12(2,3)16-11(15)14-10-8-6-4-5-7-9(10)13/h9-10H,4-8H2,1-3H3,(H,14,15). The Labute approximate surface area is 103 Å². The highest BCUT2D eigenvalue weighted by Crippen LogP contribution is 2.22. The molecule has 1 aliphatic carbocycles. The summed E-state index contributed by atoms with van der Waals surface area (Å²) in [4.78, 5) is 11.6. The van der Waals surface area contributed by atoms with Crippen molar-refractivity contribution in [3.8, 4) is 0 Å². The largest absolute Gasteiger partial charge is 0.444 e. The van der Waals surface area contributed by atoms with Crippen molar-refractivity contribution in [2.75, 3.05) is 0 Å². The van der Waals surface area contributed by atoms with Gasteiger partial charge in [-0.15, -0.1) is 11.6 Å². The van der Waals surface area contributed by atoms with Gasteiger partial charge >= 0.3 is 6.09 Å². The summed E-state index contributed by atoms with van der Waals surface area (Å²) in [7, 11) is 0. The van der Waals surface area contributed by atoms with E-state index in [1.165, 1.54) is 6.42 Å². The average Bonchev–Trinajstić information content (AvgIpc) is 2.29. The number of hydrogen-bond acceptors (Lipinski definition) is 2. The van der Waals surface area contributed by atoms with Crippen LogP contribution in [-0.4, -0.2) is 23.1 Å². The van der Waals surface area contributed by atoms with Crippen molar-refractivity contribution in [2.24, 2.45) is 0 Å². The number of alkyl halides is 1. The highest BCUT2D eigenvalue weighted by atomic mass is 35.5. The zero-order valence-corrected chi connectivity index (χ0v) is 11.1. The molecule has 1 N–H and O–H groups in total. The van der Waals surface area contributed by atoms with Crippen LogP contribution in [0.3, 0.4) is 0 Å². The van der Waals surface area contributed by atoms with Crippen LogP contribution in [-0.2, 0) is 4.74 Å². The van der Waals surface area contributed by atoms with E-state index in [0.29, 0.717) is 0 Å². The molecule has 0 aromatic carbocycles. The Hall–Kier alpha value is -0.440. The van der Waals surface area contributed by atoms with Crippen LogP contribution in [0, 0.1) is 0 Å². The van der Waals surface area contributed by atoms with Crippen molar-refractivity contribution < 1.29 is 9.53 Å². The van der Waals surface area contributed by atoms with Crippen molar-refractivity contribution in [3.05, 3.63) is 0 Å². The van der Waals surface area contributed by atoms with Crippen LogP contribution in [0.2, 0.25) is 0 Å². The molecule has 0 aromatic heterocycles. The molecule has 4 heteroatoms. The summed E-state index contributed by atoms with van der Waals surface area (Å²) in [5, 5.41) is 2.91. The van der Waals surface area contributed by atoms with Crippen molar-refractivity contribution in [2.45, 2.75) is 69.9 Å². The van der Waals surface area contributed by atoms with Gasteiger partial charge in [0.1, 0.15) is 5.60 Å². The van der Waals surface area contributed by atoms with Gasteiger partial charge in [-0.25, -0.2) is 4.79 Å². The van der Waals surface area contributed by atoms with Crippen molar-refractivity contribution >= 4 is 17.7 Å². The molecule has 0 radical (unpaired) electrons. The minimum Gasteiger partial charge on any atom is -0.444 e. The van der Waals surface area contributed by atoms with Gasteiger partial charge in [-0.2, -0.15) is 0 Å². The molecule has 3 nitrogen and oxygen atoms in total. The minimum atomic E-state index is -0.448. The number of rotatable bonds is 1. The summed E-state index contributed by atoms with van der Waals surface area (Å²) in [5.41, 5.74) is -0.448. The highest BCUT2D eigenvalue weighted by Gasteiger charge is 2.25. The van der Waals surface area contributed by atoms with Crippen LogP contribution in [0.4, 0.5) is 4.79 Å². The van der Waals surface area contributed by atoms with Gasteiger partial charge in [0, 0.05) is 6.04 Å². The SMILES string of the molecule is CC(C)(C)OC(=O)NC1CCCCCC1Cl. The van der Waals surface area contributed by atoms with Gasteiger partial charge in [-0.1, -0.05) is 19.3 Å². The van der Waals surface area contributed by atoms with E-state index in [2.05, 4.69) is 5.32 Å². The molecule has 1 rings (SSSR count). The lowest BCUT2D eigenvalue weighted by atomic mass is 10.1. The third-order valence-electron chi connectivity index (χ3n) is 2.63. The summed E-state index contributed by atoms with van der Waals surface area (Å²) in [6.07, 6.45) is 5.06. The lowest BCUT2D eigenvalue weighted by Gasteiger charge is -2.25. The van der Waals surface area contributed by atoms with Gasteiger partial charge in [0.2, 0.25) is 0 Å². The van der Waals surface area contributed by atoms with Gasteiger partial charge in [-0.3, -0.25) is 0 Å². The van der Waals surface area contributed by atoms with E-state index >= 15 is 0 Å². The zero-order chi connectivity index (χ0) is 12.2. The number of nitrogens with one attached hydrogen (secondary N) is 1. The molecule has 0 bridgehead atoms. The fourth-order valence-corrected chi connectivity index (χ4v) is 2.23. The minimum absolute atomic E-state index is 0.0371. The Balaban J connectivity index is 2.42. The molecule has 94 valence electrons. The second-order valence-electron chi connectivity index (χ2n) is 5.41. The summed E-state index contributed by atoms with van der Waals surface area (Å²) in [6, 6.07) is 0.0546. The Morgan fingerprint density at radius 1 is 1.25 bits per heavy atom. The molecule has 1 amide bonds. The molecular formula is C12H22ClNO2. The molecule has 0 heterocycles.